The molecule has 1 N–H and O–H groups in total. The summed E-state index contributed by atoms with van der Waals surface area (Å²) in [6.45, 7) is 19.2. The molecular formula is C33H42O6. The summed E-state index contributed by atoms with van der Waals surface area (Å²) in [7, 11) is 0. The zero-order valence-electron chi connectivity index (χ0n) is 23.2. The summed E-state index contributed by atoms with van der Waals surface area (Å²) in [5.41, 5.74) is 3.45. The van der Waals surface area contributed by atoms with Crippen LogP contribution in [-0.4, -0.2) is 36.2 Å². The SMILES string of the molecule is C=CC(=O)OCCCC.C=Cc1ccccc1.C=Cc1ccccc1C=C.CCCCOC(=O)/C=C\C(=O)O. The molecule has 0 spiro atoms. The quantitative estimate of drug-likeness (QED) is 0.170. The standard InChI is InChI=1S/C10H10.C8H12O4.C8H8.C7H12O2/c1-3-9-7-5-6-8-10(9)4-2;1-2-3-6-12-8(11)5-4-7(9)10;1-2-8-6-4-3-5-7-8;1-3-5-6-9-7(8)4-2/h3-8H,1-2H2;4-5H,2-3,6H2,1H3,(H,9,10);2-7H,1H2;4H,2-3,5-6H2,1H3/b;5-4-;;. The Morgan fingerprint density at radius 3 is 1.51 bits per heavy atom. The Morgan fingerprint density at radius 1 is 0.692 bits per heavy atom. The number of ether oxygens (including phenoxy) is 2. The number of carbonyl (C=O) groups is 3. The van der Waals surface area contributed by atoms with Crippen LogP contribution in [0.5, 0.6) is 0 Å². The van der Waals surface area contributed by atoms with Gasteiger partial charge in [0.1, 0.15) is 0 Å². The van der Waals surface area contributed by atoms with E-state index in [-0.39, 0.29) is 5.97 Å². The van der Waals surface area contributed by atoms with Gasteiger partial charge in [-0.05, 0) is 29.5 Å². The van der Waals surface area contributed by atoms with Crippen LogP contribution in [0.2, 0.25) is 0 Å². The molecule has 210 valence electrons. The minimum Gasteiger partial charge on any atom is -0.478 e. The van der Waals surface area contributed by atoms with E-state index in [0.717, 1.165) is 49.0 Å². The molecule has 0 saturated carbocycles. The van der Waals surface area contributed by atoms with Crippen molar-refractivity contribution >= 4 is 36.1 Å². The molecule has 2 rings (SSSR count). The van der Waals surface area contributed by atoms with E-state index in [1.807, 2.05) is 86.7 Å². The van der Waals surface area contributed by atoms with Crippen LogP contribution in [0.25, 0.3) is 18.2 Å². The van der Waals surface area contributed by atoms with E-state index in [9.17, 15) is 14.4 Å². The van der Waals surface area contributed by atoms with Crippen LogP contribution in [-0.2, 0) is 23.9 Å². The number of benzene rings is 2. The Morgan fingerprint density at radius 2 is 1.15 bits per heavy atom. The van der Waals surface area contributed by atoms with E-state index in [4.69, 9.17) is 5.11 Å². The third-order valence-electron chi connectivity index (χ3n) is 4.48. The number of unbranched alkanes of at least 4 members (excludes halogenated alkanes) is 2. The Kier molecular flexibility index (Phi) is 25.0. The van der Waals surface area contributed by atoms with E-state index in [1.54, 1.807) is 0 Å². The number of carbonyl (C=O) groups excluding carboxylic acids is 2. The Hall–Kier alpha value is -4.45. The van der Waals surface area contributed by atoms with Crippen LogP contribution in [0, 0.1) is 0 Å². The summed E-state index contributed by atoms with van der Waals surface area (Å²) in [5, 5.41) is 8.14. The van der Waals surface area contributed by atoms with Crippen LogP contribution in [0.3, 0.4) is 0 Å². The molecule has 0 radical (unpaired) electrons. The molecule has 0 aliphatic rings. The highest BCUT2D eigenvalue weighted by Gasteiger charge is 1.96. The monoisotopic (exact) mass is 534 g/mol. The van der Waals surface area contributed by atoms with Gasteiger partial charge in [-0.3, -0.25) is 0 Å². The lowest BCUT2D eigenvalue weighted by Crippen LogP contribution is -2.02. The van der Waals surface area contributed by atoms with Crippen molar-refractivity contribution < 1.29 is 29.0 Å². The van der Waals surface area contributed by atoms with E-state index in [0.29, 0.717) is 13.2 Å². The molecule has 0 heterocycles. The van der Waals surface area contributed by atoms with Crippen molar-refractivity contribution in [2.24, 2.45) is 0 Å². The molecule has 0 atom stereocenters. The molecule has 0 unspecified atom stereocenters. The molecule has 2 aromatic rings. The van der Waals surface area contributed by atoms with Crippen LogP contribution < -0.4 is 0 Å². The van der Waals surface area contributed by atoms with E-state index in [1.165, 1.54) is 11.6 Å². The highest BCUT2D eigenvalue weighted by atomic mass is 16.5. The maximum atomic E-state index is 10.6. The third-order valence-corrected chi connectivity index (χ3v) is 4.48. The largest absolute Gasteiger partial charge is 0.478 e. The van der Waals surface area contributed by atoms with Crippen LogP contribution in [0.15, 0.2) is 99.1 Å². The number of esters is 2. The fraction of sp³-hybridized carbons (Fsp3) is 0.242. The molecular weight excluding hydrogens is 492 g/mol. The lowest BCUT2D eigenvalue weighted by atomic mass is 10.1. The van der Waals surface area contributed by atoms with Crippen LogP contribution in [0.4, 0.5) is 0 Å². The molecule has 0 aliphatic heterocycles. The van der Waals surface area contributed by atoms with Gasteiger partial charge in [-0.15, -0.1) is 0 Å². The molecule has 6 nitrogen and oxygen atoms in total. The number of carboxylic acid groups (broad SMARTS) is 1. The van der Waals surface area contributed by atoms with E-state index < -0.39 is 11.9 Å². The number of rotatable bonds is 12. The molecule has 0 saturated heterocycles. The summed E-state index contributed by atoms with van der Waals surface area (Å²) < 4.78 is 9.32. The average molecular weight is 535 g/mol. The number of hydrogen-bond donors (Lipinski definition) is 1. The summed E-state index contributed by atoms with van der Waals surface area (Å²) >= 11 is 0. The average Bonchev–Trinajstić information content (AvgIpc) is 2.97. The number of hydrogen-bond acceptors (Lipinski definition) is 5. The van der Waals surface area contributed by atoms with Gasteiger partial charge in [0.2, 0.25) is 0 Å². The van der Waals surface area contributed by atoms with Crippen molar-refractivity contribution in [1.82, 2.24) is 0 Å². The Balaban J connectivity index is 0. The zero-order valence-corrected chi connectivity index (χ0v) is 23.2. The lowest BCUT2D eigenvalue weighted by Gasteiger charge is -1.97. The molecule has 0 amide bonds. The predicted molar refractivity (Wildman–Crippen MR) is 162 cm³/mol. The predicted octanol–water partition coefficient (Wildman–Crippen LogP) is 7.79. The summed E-state index contributed by atoms with van der Waals surface area (Å²) in [6.07, 6.45) is 12.0. The van der Waals surface area contributed by atoms with Crippen molar-refractivity contribution in [2.45, 2.75) is 39.5 Å². The summed E-state index contributed by atoms with van der Waals surface area (Å²) in [4.78, 5) is 30.9. The van der Waals surface area contributed by atoms with Gasteiger partial charge in [0, 0.05) is 18.2 Å². The van der Waals surface area contributed by atoms with Gasteiger partial charge in [0.25, 0.3) is 0 Å². The zero-order chi connectivity index (χ0) is 29.7. The third kappa shape index (κ3) is 23.7. The lowest BCUT2D eigenvalue weighted by molar-refractivity contribution is -0.139. The van der Waals surface area contributed by atoms with Crippen molar-refractivity contribution in [3.05, 3.63) is 116 Å². The molecule has 0 aromatic heterocycles. The van der Waals surface area contributed by atoms with E-state index in [2.05, 4.69) is 35.8 Å². The van der Waals surface area contributed by atoms with Gasteiger partial charge >= 0.3 is 17.9 Å². The van der Waals surface area contributed by atoms with Crippen LogP contribution in [0.1, 0.15) is 56.2 Å². The topological polar surface area (TPSA) is 89.9 Å². The summed E-state index contributed by atoms with van der Waals surface area (Å²) in [5.74, 6) is -2.09. The molecule has 0 fully saturated rings. The number of aliphatic carboxylic acids is 1. The van der Waals surface area contributed by atoms with Crippen LogP contribution >= 0.6 is 0 Å². The first kappa shape index (κ1) is 36.7. The first-order valence-corrected chi connectivity index (χ1v) is 12.7. The highest BCUT2D eigenvalue weighted by molar-refractivity contribution is 5.90. The normalized spacial score (nSPS) is 9.08. The fourth-order valence-electron chi connectivity index (χ4n) is 2.35. The second-order valence-corrected chi connectivity index (χ2v) is 7.57. The van der Waals surface area contributed by atoms with Gasteiger partial charge in [0.05, 0.1) is 13.2 Å². The maximum Gasteiger partial charge on any atom is 0.331 e. The molecule has 39 heavy (non-hydrogen) atoms. The Bertz CT molecular complexity index is 994. The van der Waals surface area contributed by atoms with Gasteiger partial charge < -0.3 is 14.6 Å². The molecule has 0 aliphatic carbocycles. The van der Waals surface area contributed by atoms with Crippen molar-refractivity contribution in [3.63, 3.8) is 0 Å². The molecule has 6 heteroatoms. The van der Waals surface area contributed by atoms with Crippen molar-refractivity contribution in [2.75, 3.05) is 13.2 Å². The molecule has 0 bridgehead atoms. The fourth-order valence-corrected chi connectivity index (χ4v) is 2.35. The van der Waals surface area contributed by atoms with Crippen molar-refractivity contribution in [3.8, 4) is 0 Å². The Labute approximate surface area is 233 Å². The van der Waals surface area contributed by atoms with Crippen molar-refractivity contribution in [1.29, 1.82) is 0 Å². The first-order chi connectivity index (χ1) is 18.8. The minimum atomic E-state index is -1.15. The minimum absolute atomic E-state index is 0.330. The van der Waals surface area contributed by atoms with Gasteiger partial charge in [0.15, 0.2) is 0 Å². The smallest absolute Gasteiger partial charge is 0.331 e. The first-order valence-electron chi connectivity index (χ1n) is 12.7. The van der Waals surface area contributed by atoms with E-state index >= 15 is 0 Å². The summed E-state index contributed by atoms with van der Waals surface area (Å²) in [6, 6.07) is 18.0. The molecule has 2 aromatic carbocycles. The number of carboxylic acids is 1. The second-order valence-electron chi connectivity index (χ2n) is 7.57. The maximum absolute atomic E-state index is 10.6. The second kappa shape index (κ2) is 26.6. The van der Waals surface area contributed by atoms with Gasteiger partial charge in [-0.25, -0.2) is 14.4 Å². The van der Waals surface area contributed by atoms with Gasteiger partial charge in [-0.1, -0.05) is 126 Å². The highest BCUT2D eigenvalue weighted by Crippen LogP contribution is 2.10. The van der Waals surface area contributed by atoms with Gasteiger partial charge in [-0.2, -0.15) is 0 Å².